The first-order chi connectivity index (χ1) is 10.0. The Kier molecular flexibility index (Phi) is 3.01. The van der Waals surface area contributed by atoms with Gasteiger partial charge in [-0.15, -0.1) is 10.2 Å². The quantitative estimate of drug-likeness (QED) is 0.798. The maximum absolute atomic E-state index is 12.8. The fourth-order valence-electron chi connectivity index (χ4n) is 2.31. The summed E-state index contributed by atoms with van der Waals surface area (Å²) >= 11 is 0. The second-order valence-electron chi connectivity index (χ2n) is 4.52. The molecule has 9 heteroatoms. The molecule has 0 fully saturated rings. The van der Waals surface area contributed by atoms with E-state index in [1.165, 1.54) is 12.4 Å². The molecule has 0 N–H and O–H groups in total. The number of rotatable bonds is 1. The van der Waals surface area contributed by atoms with E-state index >= 15 is 0 Å². The zero-order valence-corrected chi connectivity index (χ0v) is 10.7. The van der Waals surface area contributed by atoms with Crippen molar-refractivity contribution in [2.75, 3.05) is 11.4 Å². The lowest BCUT2D eigenvalue weighted by molar-refractivity contribution is -0.147. The smallest absolute Gasteiger partial charge is 0.360 e. The monoisotopic (exact) mass is 294 g/mol. The topological polar surface area (TPSA) is 70.6 Å². The lowest BCUT2D eigenvalue weighted by atomic mass is 10.2. The lowest BCUT2D eigenvalue weighted by Gasteiger charge is -2.30. The molecular formula is C12H9F3N6. The fraction of sp³-hybridized carbons (Fsp3) is 0.333. The Morgan fingerprint density at radius 3 is 2.76 bits per heavy atom. The van der Waals surface area contributed by atoms with Crippen molar-refractivity contribution >= 4 is 5.69 Å². The summed E-state index contributed by atoms with van der Waals surface area (Å²) in [6.07, 6.45) is -1.49. The molecule has 0 aliphatic carbocycles. The van der Waals surface area contributed by atoms with Crippen LogP contribution in [-0.4, -0.2) is 26.3 Å². The molecule has 0 saturated heterocycles. The van der Waals surface area contributed by atoms with Crippen LogP contribution in [0.25, 0.3) is 0 Å². The van der Waals surface area contributed by atoms with Gasteiger partial charge in [0.15, 0.2) is 5.82 Å². The highest BCUT2D eigenvalue weighted by Gasteiger charge is 2.39. The van der Waals surface area contributed by atoms with E-state index in [4.69, 9.17) is 5.26 Å². The van der Waals surface area contributed by atoms with Crippen molar-refractivity contribution in [1.29, 1.82) is 5.26 Å². The van der Waals surface area contributed by atoms with Gasteiger partial charge in [-0.25, -0.2) is 0 Å². The molecule has 0 aromatic carbocycles. The lowest BCUT2D eigenvalue weighted by Crippen LogP contribution is -2.35. The minimum atomic E-state index is -4.51. The number of fused-ring (bicyclic) bond motifs is 1. The second-order valence-corrected chi connectivity index (χ2v) is 4.52. The van der Waals surface area contributed by atoms with Gasteiger partial charge in [-0.3, -0.25) is 4.98 Å². The van der Waals surface area contributed by atoms with Gasteiger partial charge in [-0.05, 0) is 6.07 Å². The summed E-state index contributed by atoms with van der Waals surface area (Å²) in [5.74, 6) is -0.759. The number of halogens is 3. The molecule has 1 aliphatic heterocycles. The first kappa shape index (κ1) is 13.4. The van der Waals surface area contributed by atoms with Crippen LogP contribution in [0, 0.1) is 11.3 Å². The molecule has 0 bridgehead atoms. The second kappa shape index (κ2) is 4.73. The predicted molar refractivity (Wildman–Crippen MR) is 65.0 cm³/mol. The van der Waals surface area contributed by atoms with Gasteiger partial charge in [0.2, 0.25) is 5.82 Å². The molecule has 3 rings (SSSR count). The summed E-state index contributed by atoms with van der Waals surface area (Å²) < 4.78 is 39.3. The molecule has 1 aliphatic rings. The summed E-state index contributed by atoms with van der Waals surface area (Å²) in [4.78, 5) is 5.73. The molecule has 0 spiro atoms. The Bertz CT molecular complexity index is 715. The Labute approximate surface area is 117 Å². The number of anilines is 1. The molecule has 2 aromatic rings. The summed E-state index contributed by atoms with van der Waals surface area (Å²) in [5.41, 5.74) is 1.01. The maximum atomic E-state index is 12.8. The van der Waals surface area contributed by atoms with Gasteiger partial charge in [0.05, 0.1) is 24.0 Å². The first-order valence-corrected chi connectivity index (χ1v) is 6.09. The number of alkyl halides is 3. The molecule has 0 amide bonds. The van der Waals surface area contributed by atoms with Gasteiger partial charge >= 0.3 is 6.18 Å². The van der Waals surface area contributed by atoms with Crippen LogP contribution in [0.2, 0.25) is 0 Å². The van der Waals surface area contributed by atoms with Gasteiger partial charge in [-0.1, -0.05) is 0 Å². The van der Waals surface area contributed by atoms with Gasteiger partial charge < -0.3 is 9.47 Å². The van der Waals surface area contributed by atoms with Crippen LogP contribution >= 0.6 is 0 Å². The van der Waals surface area contributed by atoms with Gasteiger partial charge in [-0.2, -0.15) is 18.4 Å². The zero-order chi connectivity index (χ0) is 15.0. The Morgan fingerprint density at radius 2 is 2.05 bits per heavy atom. The molecule has 0 unspecified atom stereocenters. The summed E-state index contributed by atoms with van der Waals surface area (Å²) in [5, 5.41) is 15.9. The summed E-state index contributed by atoms with van der Waals surface area (Å²) in [6.45, 7) is 0.592. The highest BCUT2D eigenvalue weighted by atomic mass is 19.4. The van der Waals surface area contributed by atoms with Crippen molar-refractivity contribution < 1.29 is 13.2 Å². The van der Waals surface area contributed by atoms with E-state index in [0.29, 0.717) is 17.8 Å². The maximum Gasteiger partial charge on any atom is 0.451 e. The van der Waals surface area contributed by atoms with Crippen LogP contribution < -0.4 is 4.90 Å². The molecule has 6 nitrogen and oxygen atoms in total. The third-order valence-corrected chi connectivity index (χ3v) is 3.27. The highest BCUT2D eigenvalue weighted by molar-refractivity contribution is 5.57. The molecule has 3 heterocycles. The number of pyridine rings is 1. The standard InChI is InChI=1S/C12H9F3N6/c13-12(14,15)11-19-18-10-7-20(3-4-21(10)11)9-6-17-2-1-8(9)5-16/h1-2,6H,3-4,7H2. The van der Waals surface area contributed by atoms with Crippen molar-refractivity contribution in [3.05, 3.63) is 35.7 Å². The normalized spacial score (nSPS) is 14.7. The summed E-state index contributed by atoms with van der Waals surface area (Å²) in [6, 6.07) is 3.61. The van der Waals surface area contributed by atoms with E-state index in [1.54, 1.807) is 11.0 Å². The van der Waals surface area contributed by atoms with E-state index in [-0.39, 0.29) is 18.9 Å². The fourth-order valence-corrected chi connectivity index (χ4v) is 2.31. The molecule has 21 heavy (non-hydrogen) atoms. The Balaban J connectivity index is 1.93. The van der Waals surface area contributed by atoms with Crippen LogP contribution in [0.4, 0.5) is 18.9 Å². The minimum Gasteiger partial charge on any atom is -0.360 e. The van der Waals surface area contributed by atoms with Gasteiger partial charge in [0, 0.05) is 19.3 Å². The average Bonchev–Trinajstić information content (AvgIpc) is 2.90. The first-order valence-electron chi connectivity index (χ1n) is 6.09. The van der Waals surface area contributed by atoms with Gasteiger partial charge in [0.1, 0.15) is 6.07 Å². The van der Waals surface area contributed by atoms with E-state index < -0.39 is 12.0 Å². The van der Waals surface area contributed by atoms with Crippen LogP contribution in [0.3, 0.4) is 0 Å². The van der Waals surface area contributed by atoms with Crippen LogP contribution in [0.1, 0.15) is 17.2 Å². The van der Waals surface area contributed by atoms with E-state index in [1.807, 2.05) is 6.07 Å². The highest BCUT2D eigenvalue weighted by Crippen LogP contribution is 2.30. The van der Waals surface area contributed by atoms with E-state index in [2.05, 4.69) is 15.2 Å². The Hall–Kier alpha value is -2.63. The molecule has 108 valence electrons. The largest absolute Gasteiger partial charge is 0.451 e. The molecule has 0 radical (unpaired) electrons. The third-order valence-electron chi connectivity index (χ3n) is 3.27. The Morgan fingerprint density at radius 1 is 1.24 bits per heavy atom. The number of nitrogens with zero attached hydrogens (tertiary/aromatic N) is 6. The predicted octanol–water partition coefficient (Wildman–Crippen LogP) is 1.58. The zero-order valence-electron chi connectivity index (χ0n) is 10.7. The molecular weight excluding hydrogens is 285 g/mol. The van der Waals surface area contributed by atoms with Crippen LogP contribution in [0.15, 0.2) is 18.5 Å². The number of aromatic nitrogens is 4. The minimum absolute atomic E-state index is 0.108. The molecule has 0 saturated carbocycles. The van der Waals surface area contributed by atoms with Crippen molar-refractivity contribution in [2.45, 2.75) is 19.3 Å². The number of hydrogen-bond acceptors (Lipinski definition) is 5. The number of nitriles is 1. The van der Waals surface area contributed by atoms with E-state index in [9.17, 15) is 13.2 Å². The van der Waals surface area contributed by atoms with Crippen LogP contribution in [0.5, 0.6) is 0 Å². The molecule has 2 aromatic heterocycles. The average molecular weight is 294 g/mol. The van der Waals surface area contributed by atoms with Gasteiger partial charge in [0.25, 0.3) is 0 Å². The molecule has 0 atom stereocenters. The van der Waals surface area contributed by atoms with Crippen LogP contribution in [-0.2, 0) is 19.3 Å². The van der Waals surface area contributed by atoms with Crippen molar-refractivity contribution in [3.8, 4) is 6.07 Å². The SMILES string of the molecule is N#Cc1ccncc1N1CCn2c(nnc2C(F)(F)F)C1. The van der Waals surface area contributed by atoms with Crippen molar-refractivity contribution in [2.24, 2.45) is 0 Å². The van der Waals surface area contributed by atoms with Crippen molar-refractivity contribution in [3.63, 3.8) is 0 Å². The third kappa shape index (κ3) is 2.29. The van der Waals surface area contributed by atoms with E-state index in [0.717, 1.165) is 4.57 Å². The van der Waals surface area contributed by atoms with Crippen molar-refractivity contribution in [1.82, 2.24) is 19.7 Å². The summed E-state index contributed by atoms with van der Waals surface area (Å²) in [7, 11) is 0. The number of hydrogen-bond donors (Lipinski definition) is 0.